The summed E-state index contributed by atoms with van der Waals surface area (Å²) in [5, 5.41) is 0. The molecule has 0 fully saturated rings. The van der Waals surface area contributed by atoms with Crippen molar-refractivity contribution < 1.29 is 19.1 Å². The van der Waals surface area contributed by atoms with Gasteiger partial charge in [-0.25, -0.2) is 9.59 Å². The van der Waals surface area contributed by atoms with Gasteiger partial charge in [0, 0.05) is 7.05 Å². The van der Waals surface area contributed by atoms with Crippen molar-refractivity contribution in [3.05, 3.63) is 0 Å². The molecule has 0 bridgehead atoms. The van der Waals surface area contributed by atoms with Gasteiger partial charge in [0.1, 0.15) is 6.04 Å². The zero-order chi connectivity index (χ0) is 23.3. The Labute approximate surface area is 192 Å². The summed E-state index contributed by atoms with van der Waals surface area (Å²) in [5.74, 6) is -0.355. The normalized spacial score (nSPS) is 12.1. The van der Waals surface area contributed by atoms with E-state index in [1.54, 1.807) is 7.05 Å². The van der Waals surface area contributed by atoms with E-state index in [9.17, 15) is 9.59 Å². The van der Waals surface area contributed by atoms with E-state index in [0.29, 0.717) is 13.2 Å². The van der Waals surface area contributed by atoms with Gasteiger partial charge in [0.2, 0.25) is 0 Å². The lowest BCUT2D eigenvalue weighted by Gasteiger charge is -2.28. The highest BCUT2D eigenvalue weighted by Gasteiger charge is 2.32. The zero-order valence-corrected chi connectivity index (χ0v) is 21.3. The van der Waals surface area contributed by atoms with Crippen LogP contribution in [0.25, 0.3) is 0 Å². The van der Waals surface area contributed by atoms with E-state index >= 15 is 0 Å². The maximum atomic E-state index is 12.5. The highest BCUT2D eigenvalue weighted by atomic mass is 16.6. The molecule has 1 atom stereocenters. The molecule has 31 heavy (non-hydrogen) atoms. The van der Waals surface area contributed by atoms with E-state index in [1.165, 1.54) is 75.5 Å². The maximum Gasteiger partial charge on any atom is 0.410 e. The van der Waals surface area contributed by atoms with Crippen LogP contribution in [-0.4, -0.2) is 43.3 Å². The molecule has 0 rings (SSSR count). The topological polar surface area (TPSA) is 55.8 Å². The van der Waals surface area contributed by atoms with Gasteiger partial charge in [-0.15, -0.1) is 0 Å². The van der Waals surface area contributed by atoms with Crippen LogP contribution in [0, 0.1) is 5.92 Å². The number of ether oxygens (including phenoxy) is 2. The third-order valence-electron chi connectivity index (χ3n) is 5.79. The first-order valence-electron chi connectivity index (χ1n) is 13.0. The predicted molar refractivity (Wildman–Crippen MR) is 129 cm³/mol. The monoisotopic (exact) mass is 441 g/mol. The van der Waals surface area contributed by atoms with Gasteiger partial charge in [-0.2, -0.15) is 0 Å². The van der Waals surface area contributed by atoms with E-state index in [1.807, 2.05) is 20.8 Å². The molecule has 1 amide bonds. The first kappa shape index (κ1) is 29.7. The molecule has 0 aromatic heterocycles. The Bertz CT molecular complexity index is 439. The lowest BCUT2D eigenvalue weighted by atomic mass is 10.0. The standard InChI is InChI=1S/C26H51NO4/c1-6-8-10-11-12-13-14-15-16-17-18-19-20-22-30-25(28)24(23(3)4)27(5)26(29)31-21-9-7-2/h23-24H,6-22H2,1-5H3. The van der Waals surface area contributed by atoms with Crippen LogP contribution in [-0.2, 0) is 14.3 Å². The average molecular weight is 442 g/mol. The summed E-state index contributed by atoms with van der Waals surface area (Å²) in [6.45, 7) is 8.97. The smallest absolute Gasteiger partial charge is 0.410 e. The van der Waals surface area contributed by atoms with Gasteiger partial charge >= 0.3 is 12.1 Å². The van der Waals surface area contributed by atoms with E-state index in [2.05, 4.69) is 6.92 Å². The van der Waals surface area contributed by atoms with Gasteiger partial charge in [0.15, 0.2) is 0 Å². The van der Waals surface area contributed by atoms with Gasteiger partial charge < -0.3 is 9.47 Å². The van der Waals surface area contributed by atoms with Crippen molar-refractivity contribution in [2.45, 2.75) is 130 Å². The summed E-state index contributed by atoms with van der Waals surface area (Å²) in [4.78, 5) is 26.1. The Hall–Kier alpha value is -1.26. The lowest BCUT2D eigenvalue weighted by Crippen LogP contribution is -2.46. The molecule has 5 nitrogen and oxygen atoms in total. The molecule has 0 aliphatic heterocycles. The number of esters is 1. The first-order chi connectivity index (χ1) is 15.0. The Morgan fingerprint density at radius 3 is 1.52 bits per heavy atom. The van der Waals surface area contributed by atoms with Crippen LogP contribution in [0.2, 0.25) is 0 Å². The Kier molecular flexibility index (Phi) is 19.8. The van der Waals surface area contributed by atoms with Crippen molar-refractivity contribution in [1.29, 1.82) is 0 Å². The van der Waals surface area contributed by atoms with Crippen molar-refractivity contribution in [2.24, 2.45) is 5.92 Å². The van der Waals surface area contributed by atoms with Crippen LogP contribution in [0.15, 0.2) is 0 Å². The van der Waals surface area contributed by atoms with Gasteiger partial charge in [-0.1, -0.05) is 111 Å². The fourth-order valence-electron chi connectivity index (χ4n) is 3.77. The minimum Gasteiger partial charge on any atom is -0.464 e. The van der Waals surface area contributed by atoms with E-state index in [0.717, 1.165) is 25.7 Å². The molecule has 184 valence electrons. The molecule has 0 spiro atoms. The summed E-state index contributed by atoms with van der Waals surface area (Å²) < 4.78 is 10.7. The molecular formula is C26H51NO4. The van der Waals surface area contributed by atoms with Crippen LogP contribution in [0.4, 0.5) is 4.79 Å². The molecule has 0 N–H and O–H groups in total. The molecule has 5 heteroatoms. The fraction of sp³-hybridized carbons (Fsp3) is 0.923. The molecular weight excluding hydrogens is 390 g/mol. The molecule has 0 aliphatic carbocycles. The molecule has 0 aromatic carbocycles. The largest absolute Gasteiger partial charge is 0.464 e. The van der Waals surface area contributed by atoms with Crippen molar-refractivity contribution in [1.82, 2.24) is 4.90 Å². The molecule has 0 aromatic rings. The van der Waals surface area contributed by atoms with E-state index in [4.69, 9.17) is 9.47 Å². The second-order valence-corrected chi connectivity index (χ2v) is 9.18. The summed E-state index contributed by atoms with van der Waals surface area (Å²) in [6.07, 6.45) is 18.1. The molecule has 0 aliphatic rings. The van der Waals surface area contributed by atoms with Crippen molar-refractivity contribution in [3.8, 4) is 0 Å². The third-order valence-corrected chi connectivity index (χ3v) is 5.79. The molecule has 1 unspecified atom stereocenters. The minimum absolute atomic E-state index is 0.0251. The summed E-state index contributed by atoms with van der Waals surface area (Å²) in [5.41, 5.74) is 0. The van der Waals surface area contributed by atoms with Crippen LogP contribution in [0.5, 0.6) is 0 Å². The van der Waals surface area contributed by atoms with Gasteiger partial charge in [-0.3, -0.25) is 4.90 Å². The number of hydrogen-bond acceptors (Lipinski definition) is 4. The number of amides is 1. The zero-order valence-electron chi connectivity index (χ0n) is 21.3. The Morgan fingerprint density at radius 1 is 0.645 bits per heavy atom. The van der Waals surface area contributed by atoms with Gasteiger partial charge in [-0.05, 0) is 18.8 Å². The van der Waals surface area contributed by atoms with Crippen molar-refractivity contribution in [3.63, 3.8) is 0 Å². The number of rotatable bonds is 20. The lowest BCUT2D eigenvalue weighted by molar-refractivity contribution is -0.150. The highest BCUT2D eigenvalue weighted by Crippen LogP contribution is 2.15. The van der Waals surface area contributed by atoms with Crippen molar-refractivity contribution in [2.75, 3.05) is 20.3 Å². The molecule has 0 saturated carbocycles. The Balaban J connectivity index is 3.82. The van der Waals surface area contributed by atoms with Crippen molar-refractivity contribution >= 4 is 12.1 Å². The van der Waals surface area contributed by atoms with Crippen LogP contribution >= 0.6 is 0 Å². The van der Waals surface area contributed by atoms with Gasteiger partial charge in [0.05, 0.1) is 13.2 Å². The summed E-state index contributed by atoms with van der Waals surface area (Å²) in [7, 11) is 1.62. The SMILES string of the molecule is CCCCCCCCCCCCCCCOC(=O)C(C(C)C)N(C)C(=O)OCCCC. The average Bonchev–Trinajstić information content (AvgIpc) is 2.73. The second kappa shape index (κ2) is 20.6. The number of hydrogen-bond donors (Lipinski definition) is 0. The molecule has 0 radical (unpaired) electrons. The maximum absolute atomic E-state index is 12.5. The predicted octanol–water partition coefficient (Wildman–Crippen LogP) is 7.51. The number of carbonyl (C=O) groups is 2. The Morgan fingerprint density at radius 2 is 1.06 bits per heavy atom. The first-order valence-corrected chi connectivity index (χ1v) is 13.0. The minimum atomic E-state index is -0.601. The second-order valence-electron chi connectivity index (χ2n) is 9.18. The number of nitrogens with zero attached hydrogens (tertiary/aromatic N) is 1. The molecule has 0 heterocycles. The van der Waals surface area contributed by atoms with Crippen LogP contribution < -0.4 is 0 Å². The number of carbonyl (C=O) groups excluding carboxylic acids is 2. The number of unbranched alkanes of at least 4 members (excludes halogenated alkanes) is 13. The highest BCUT2D eigenvalue weighted by molar-refractivity contribution is 5.81. The summed E-state index contributed by atoms with van der Waals surface area (Å²) >= 11 is 0. The van der Waals surface area contributed by atoms with E-state index in [-0.39, 0.29) is 11.9 Å². The van der Waals surface area contributed by atoms with E-state index < -0.39 is 12.1 Å². The third kappa shape index (κ3) is 16.1. The molecule has 0 saturated heterocycles. The quantitative estimate of drug-likeness (QED) is 0.145. The van der Waals surface area contributed by atoms with Gasteiger partial charge in [0.25, 0.3) is 0 Å². The fourth-order valence-corrected chi connectivity index (χ4v) is 3.77. The number of likely N-dealkylation sites (N-methyl/N-ethyl adjacent to an activating group) is 1. The van der Waals surface area contributed by atoms with Crippen LogP contribution in [0.1, 0.15) is 124 Å². The summed E-state index contributed by atoms with van der Waals surface area (Å²) in [6, 6.07) is -0.601. The van der Waals surface area contributed by atoms with Crippen LogP contribution in [0.3, 0.4) is 0 Å².